The molecule has 1 atom stereocenters. The molecule has 3 heterocycles. The van der Waals surface area contributed by atoms with Crippen molar-refractivity contribution < 1.29 is 14.3 Å². The molecular weight excluding hydrogens is 464 g/mol. The average molecular weight is 493 g/mol. The second-order valence-electron chi connectivity index (χ2n) is 9.06. The average Bonchev–Trinajstić information content (AvgIpc) is 3.49. The number of aromatic nitrogens is 3. The third-order valence-electron chi connectivity index (χ3n) is 6.24. The Bertz CT molecular complexity index is 1300. The van der Waals surface area contributed by atoms with Crippen LogP contribution < -0.4 is 4.74 Å². The van der Waals surface area contributed by atoms with Crippen molar-refractivity contribution in [1.82, 2.24) is 19.4 Å². The zero-order valence-corrected chi connectivity index (χ0v) is 20.7. The minimum Gasteiger partial charge on any atom is -0.494 e. The molecule has 0 aliphatic carbocycles. The van der Waals surface area contributed by atoms with Crippen LogP contribution in [0.1, 0.15) is 43.1 Å². The number of aromatic amines is 1. The Morgan fingerprint density at radius 1 is 1.23 bits per heavy atom. The number of carbonyl (C=O) groups excluding carboxylic acids is 1. The third kappa shape index (κ3) is 5.00. The number of hydrogen-bond acceptors (Lipinski definition) is 4. The van der Waals surface area contributed by atoms with Crippen molar-refractivity contribution in [2.24, 2.45) is 0 Å². The molecule has 0 spiro atoms. The number of amides is 1. The predicted molar refractivity (Wildman–Crippen MR) is 136 cm³/mol. The van der Waals surface area contributed by atoms with Crippen LogP contribution in [0.3, 0.4) is 0 Å². The van der Waals surface area contributed by atoms with Crippen LogP contribution in [0.25, 0.3) is 10.9 Å². The maximum absolute atomic E-state index is 13.0. The van der Waals surface area contributed by atoms with Gasteiger partial charge in [-0.3, -0.25) is 4.90 Å². The van der Waals surface area contributed by atoms with E-state index in [2.05, 4.69) is 9.97 Å². The van der Waals surface area contributed by atoms with Crippen molar-refractivity contribution in [3.63, 3.8) is 0 Å². The number of halogens is 1. The summed E-state index contributed by atoms with van der Waals surface area (Å²) in [6.07, 6.45) is 6.64. The minimum atomic E-state index is -0.313. The number of H-pyrrole nitrogens is 1. The van der Waals surface area contributed by atoms with Crippen LogP contribution in [0.15, 0.2) is 61.2 Å². The lowest BCUT2D eigenvalue weighted by atomic mass is 9.92. The van der Waals surface area contributed by atoms with Gasteiger partial charge in [0, 0.05) is 47.1 Å². The van der Waals surface area contributed by atoms with E-state index < -0.39 is 0 Å². The Balaban J connectivity index is 1.39. The molecule has 8 heteroatoms. The SMILES string of the molecule is CC(C)OC(=O)N1CCc2c([nH]c3ccc(Cl)cc23)C1c1ccc(OCCCn2ccnc2)cc1. The molecule has 0 saturated heterocycles. The molecule has 5 rings (SSSR count). The van der Waals surface area contributed by atoms with Crippen LogP contribution in [0, 0.1) is 0 Å². The van der Waals surface area contributed by atoms with E-state index in [1.807, 2.05) is 67.1 Å². The number of ether oxygens (including phenoxy) is 2. The summed E-state index contributed by atoms with van der Waals surface area (Å²) in [7, 11) is 0. The van der Waals surface area contributed by atoms with Crippen molar-refractivity contribution in [2.75, 3.05) is 13.2 Å². The van der Waals surface area contributed by atoms with E-state index in [4.69, 9.17) is 21.1 Å². The molecule has 2 aromatic carbocycles. The first-order chi connectivity index (χ1) is 17.0. The van der Waals surface area contributed by atoms with E-state index in [9.17, 15) is 4.79 Å². The molecule has 0 fully saturated rings. The highest BCUT2D eigenvalue weighted by Gasteiger charge is 2.35. The number of aryl methyl sites for hydroxylation is 1. The lowest BCUT2D eigenvalue weighted by molar-refractivity contribution is 0.0655. The van der Waals surface area contributed by atoms with Gasteiger partial charge in [0.15, 0.2) is 0 Å². The first-order valence-corrected chi connectivity index (χ1v) is 12.3. The molecule has 1 unspecified atom stereocenters. The number of rotatable bonds is 7. The number of nitrogens with one attached hydrogen (secondary N) is 1. The fourth-order valence-corrected chi connectivity index (χ4v) is 4.85. The Kier molecular flexibility index (Phi) is 6.68. The Labute approximate surface area is 209 Å². The number of benzene rings is 2. The lowest BCUT2D eigenvalue weighted by Crippen LogP contribution is -2.41. The second-order valence-corrected chi connectivity index (χ2v) is 9.49. The summed E-state index contributed by atoms with van der Waals surface area (Å²) in [4.78, 5) is 22.5. The second kappa shape index (κ2) is 10.0. The van der Waals surface area contributed by atoms with E-state index in [1.54, 1.807) is 17.4 Å². The van der Waals surface area contributed by atoms with Crippen LogP contribution >= 0.6 is 11.6 Å². The summed E-state index contributed by atoms with van der Waals surface area (Å²) in [6.45, 7) is 5.77. The number of nitrogens with zero attached hydrogens (tertiary/aromatic N) is 3. The van der Waals surface area contributed by atoms with Gasteiger partial charge in [-0.05, 0) is 68.1 Å². The zero-order chi connectivity index (χ0) is 24.4. The van der Waals surface area contributed by atoms with Crippen molar-refractivity contribution in [3.8, 4) is 5.75 Å². The normalized spacial score (nSPS) is 15.4. The summed E-state index contributed by atoms with van der Waals surface area (Å²) in [5, 5.41) is 1.80. The molecule has 7 nitrogen and oxygen atoms in total. The standard InChI is InChI=1S/C27H29ClN4O3/c1-18(2)35-27(33)32-13-10-22-23-16-20(28)6-9-24(23)30-25(22)26(32)19-4-7-21(8-5-19)34-15-3-12-31-14-11-29-17-31/h4-9,11,14,16-18,26,30H,3,10,12-13,15H2,1-2H3. The van der Waals surface area contributed by atoms with Gasteiger partial charge in [-0.25, -0.2) is 9.78 Å². The number of fused-ring (bicyclic) bond motifs is 3. The highest BCUT2D eigenvalue weighted by atomic mass is 35.5. The van der Waals surface area contributed by atoms with E-state index in [-0.39, 0.29) is 18.2 Å². The van der Waals surface area contributed by atoms with Crippen molar-refractivity contribution in [2.45, 2.75) is 45.4 Å². The van der Waals surface area contributed by atoms with E-state index in [1.165, 1.54) is 5.56 Å². The van der Waals surface area contributed by atoms with Gasteiger partial charge in [-0.1, -0.05) is 23.7 Å². The maximum Gasteiger partial charge on any atom is 0.410 e. The smallest absolute Gasteiger partial charge is 0.410 e. The molecule has 35 heavy (non-hydrogen) atoms. The molecule has 0 radical (unpaired) electrons. The third-order valence-corrected chi connectivity index (χ3v) is 6.48. The molecular formula is C27H29ClN4O3. The molecule has 2 aromatic heterocycles. The highest BCUT2D eigenvalue weighted by Crippen LogP contribution is 2.39. The summed E-state index contributed by atoms with van der Waals surface area (Å²) in [5.41, 5.74) is 4.21. The van der Waals surface area contributed by atoms with Gasteiger partial charge in [0.1, 0.15) is 11.8 Å². The highest BCUT2D eigenvalue weighted by molar-refractivity contribution is 6.31. The first-order valence-electron chi connectivity index (χ1n) is 12.0. The van der Waals surface area contributed by atoms with Gasteiger partial charge in [0.05, 0.1) is 19.0 Å². The van der Waals surface area contributed by atoms with Gasteiger partial charge < -0.3 is 19.0 Å². The topological polar surface area (TPSA) is 72.4 Å². The monoisotopic (exact) mass is 492 g/mol. The van der Waals surface area contributed by atoms with Crippen LogP contribution in [-0.2, 0) is 17.7 Å². The summed E-state index contributed by atoms with van der Waals surface area (Å²) in [5.74, 6) is 0.801. The fraction of sp³-hybridized carbons (Fsp3) is 0.333. The van der Waals surface area contributed by atoms with Gasteiger partial charge in [-0.2, -0.15) is 0 Å². The number of hydrogen-bond donors (Lipinski definition) is 1. The summed E-state index contributed by atoms with van der Waals surface area (Å²) < 4.78 is 13.6. The van der Waals surface area contributed by atoms with E-state index >= 15 is 0 Å². The quantitative estimate of drug-likeness (QED) is 0.322. The van der Waals surface area contributed by atoms with Crippen molar-refractivity contribution >= 4 is 28.6 Å². The summed E-state index contributed by atoms with van der Waals surface area (Å²) in [6, 6.07) is 13.6. The largest absolute Gasteiger partial charge is 0.494 e. The molecule has 182 valence electrons. The zero-order valence-electron chi connectivity index (χ0n) is 19.9. The Hall–Kier alpha value is -3.45. The van der Waals surface area contributed by atoms with Gasteiger partial charge in [0.2, 0.25) is 0 Å². The lowest BCUT2D eigenvalue weighted by Gasteiger charge is -2.36. The van der Waals surface area contributed by atoms with Crippen LogP contribution in [0.4, 0.5) is 4.79 Å². The maximum atomic E-state index is 13.0. The molecule has 1 aliphatic rings. The number of carbonyl (C=O) groups is 1. The molecule has 1 N–H and O–H groups in total. The Morgan fingerprint density at radius 3 is 2.80 bits per heavy atom. The predicted octanol–water partition coefficient (Wildman–Crippen LogP) is 5.98. The molecule has 4 aromatic rings. The fourth-order valence-electron chi connectivity index (χ4n) is 4.68. The molecule has 0 bridgehead atoms. The molecule has 1 aliphatic heterocycles. The van der Waals surface area contributed by atoms with Crippen molar-refractivity contribution in [1.29, 1.82) is 0 Å². The minimum absolute atomic E-state index is 0.191. The van der Waals surface area contributed by atoms with E-state index in [0.717, 1.165) is 47.3 Å². The molecule has 0 saturated carbocycles. The van der Waals surface area contributed by atoms with Gasteiger partial charge in [-0.15, -0.1) is 0 Å². The van der Waals surface area contributed by atoms with E-state index in [0.29, 0.717) is 18.2 Å². The Morgan fingerprint density at radius 2 is 2.06 bits per heavy atom. The summed E-state index contributed by atoms with van der Waals surface area (Å²) >= 11 is 6.29. The van der Waals surface area contributed by atoms with Gasteiger partial charge in [0.25, 0.3) is 0 Å². The van der Waals surface area contributed by atoms with Crippen LogP contribution in [-0.4, -0.2) is 44.8 Å². The first kappa shape index (κ1) is 23.3. The molecule has 1 amide bonds. The van der Waals surface area contributed by atoms with Crippen LogP contribution in [0.5, 0.6) is 5.75 Å². The number of imidazole rings is 1. The van der Waals surface area contributed by atoms with Gasteiger partial charge >= 0.3 is 6.09 Å². The van der Waals surface area contributed by atoms with Crippen LogP contribution in [0.2, 0.25) is 5.02 Å². The van der Waals surface area contributed by atoms with Crippen molar-refractivity contribution in [3.05, 3.63) is 83.0 Å².